The lowest BCUT2D eigenvalue weighted by Gasteiger charge is -2.08. The van der Waals surface area contributed by atoms with Gasteiger partial charge in [0.15, 0.2) is 0 Å². The molecule has 1 N–H and O–H groups in total. The van der Waals surface area contributed by atoms with E-state index in [-0.39, 0.29) is 0 Å². The minimum absolute atomic E-state index is 0.462. The Morgan fingerprint density at radius 2 is 2.12 bits per heavy atom. The standard InChI is InChI=1S/C7H4ClF3N2O4/c8-1-3-5(14)4(17-7(9,10)11)2-12-6(3)13(15)16/h2H,1H2,(H,12,14). The molecule has 17 heavy (non-hydrogen) atoms. The fraction of sp³-hybridized carbons (Fsp3) is 0.286. The third kappa shape index (κ3) is 3.09. The van der Waals surface area contributed by atoms with Crippen molar-refractivity contribution >= 4 is 17.4 Å². The van der Waals surface area contributed by atoms with Crippen LogP contribution in [0.1, 0.15) is 5.56 Å². The summed E-state index contributed by atoms with van der Waals surface area (Å²) in [5.41, 5.74) is -1.87. The summed E-state index contributed by atoms with van der Waals surface area (Å²) in [7, 11) is 0. The maximum atomic E-state index is 11.9. The molecule has 0 saturated heterocycles. The van der Waals surface area contributed by atoms with Gasteiger partial charge in [-0.1, -0.05) is 0 Å². The monoisotopic (exact) mass is 272 g/mol. The zero-order valence-electron chi connectivity index (χ0n) is 7.88. The molecule has 0 unspecified atom stereocenters. The minimum Gasteiger partial charge on any atom is -0.398 e. The summed E-state index contributed by atoms with van der Waals surface area (Å²) in [6, 6.07) is 0. The molecule has 1 aromatic rings. The fourth-order valence-electron chi connectivity index (χ4n) is 1.03. The normalized spacial score (nSPS) is 11.3. The van der Waals surface area contributed by atoms with Crippen molar-refractivity contribution < 1.29 is 22.8 Å². The highest BCUT2D eigenvalue weighted by molar-refractivity contribution is 6.17. The molecule has 10 heteroatoms. The largest absolute Gasteiger partial charge is 0.573 e. The highest BCUT2D eigenvalue weighted by atomic mass is 35.5. The lowest BCUT2D eigenvalue weighted by atomic mass is 10.2. The molecule has 0 amide bonds. The van der Waals surface area contributed by atoms with E-state index in [2.05, 4.69) is 4.74 Å². The second-order valence-electron chi connectivity index (χ2n) is 2.75. The van der Waals surface area contributed by atoms with Gasteiger partial charge in [0, 0.05) is 0 Å². The second kappa shape index (κ2) is 4.62. The molecule has 0 radical (unpaired) electrons. The Morgan fingerprint density at radius 1 is 1.53 bits per heavy atom. The molecule has 6 nitrogen and oxygen atoms in total. The zero-order valence-corrected chi connectivity index (χ0v) is 8.63. The number of aromatic nitrogens is 1. The second-order valence-corrected chi connectivity index (χ2v) is 3.02. The molecule has 0 atom stereocenters. The zero-order chi connectivity index (χ0) is 13.2. The first-order valence-electron chi connectivity index (χ1n) is 3.97. The van der Waals surface area contributed by atoms with Crippen LogP contribution in [0.5, 0.6) is 5.75 Å². The third-order valence-electron chi connectivity index (χ3n) is 1.67. The number of alkyl halides is 4. The van der Waals surface area contributed by atoms with Crippen LogP contribution in [0.4, 0.5) is 19.0 Å². The van der Waals surface area contributed by atoms with Gasteiger partial charge in [-0.25, -0.2) is 4.98 Å². The molecular formula is C7H4ClF3N2O4. The Hall–Kier alpha value is -1.77. The number of hydrogen-bond donors (Lipinski definition) is 1. The molecule has 0 fully saturated rings. The lowest BCUT2D eigenvalue weighted by Crippen LogP contribution is -2.23. The van der Waals surface area contributed by atoms with Crippen molar-refractivity contribution in [1.29, 1.82) is 0 Å². The number of H-pyrrole nitrogens is 1. The van der Waals surface area contributed by atoms with E-state index in [1.807, 2.05) is 4.98 Å². The van der Waals surface area contributed by atoms with Gasteiger partial charge in [0.1, 0.15) is 11.8 Å². The number of nitrogens with one attached hydrogen (secondary N) is 1. The molecule has 0 aromatic carbocycles. The van der Waals surface area contributed by atoms with Gasteiger partial charge in [-0.3, -0.25) is 4.79 Å². The van der Waals surface area contributed by atoms with Crippen molar-refractivity contribution in [3.63, 3.8) is 0 Å². The molecule has 94 valence electrons. The van der Waals surface area contributed by atoms with E-state index in [1.165, 1.54) is 0 Å². The summed E-state index contributed by atoms with van der Waals surface area (Å²) < 4.78 is 39.0. The number of ether oxygens (including phenoxy) is 1. The number of rotatable bonds is 3. The first-order valence-corrected chi connectivity index (χ1v) is 4.50. The third-order valence-corrected chi connectivity index (χ3v) is 1.93. The van der Waals surface area contributed by atoms with Crippen molar-refractivity contribution in [2.75, 3.05) is 0 Å². The topological polar surface area (TPSA) is 85.2 Å². The first-order chi connectivity index (χ1) is 7.76. The first kappa shape index (κ1) is 13.3. The summed E-state index contributed by atoms with van der Waals surface area (Å²) in [6.45, 7) is 0. The Bertz CT molecular complexity index is 499. The fourth-order valence-corrected chi connectivity index (χ4v) is 1.28. The van der Waals surface area contributed by atoms with Crippen LogP contribution in [0.15, 0.2) is 11.0 Å². The van der Waals surface area contributed by atoms with E-state index in [9.17, 15) is 28.1 Å². The molecule has 1 rings (SSSR count). The predicted octanol–water partition coefficient (Wildman–Crippen LogP) is 1.92. The van der Waals surface area contributed by atoms with Crippen LogP contribution in [0.2, 0.25) is 0 Å². The van der Waals surface area contributed by atoms with E-state index >= 15 is 0 Å². The van der Waals surface area contributed by atoms with E-state index in [0.717, 1.165) is 0 Å². The van der Waals surface area contributed by atoms with E-state index in [4.69, 9.17) is 11.6 Å². The highest BCUT2D eigenvalue weighted by Crippen LogP contribution is 2.22. The SMILES string of the molecule is O=c1c(OC(F)(F)F)c[nH]c([N+](=O)[O-])c1CCl. The van der Waals surface area contributed by atoms with Crippen molar-refractivity contribution in [2.24, 2.45) is 0 Å². The number of halogens is 4. The van der Waals surface area contributed by atoms with Crippen LogP contribution in [-0.4, -0.2) is 16.3 Å². The number of hydrogen-bond acceptors (Lipinski definition) is 4. The molecule has 0 bridgehead atoms. The maximum absolute atomic E-state index is 11.9. The molecule has 0 aliphatic carbocycles. The minimum atomic E-state index is -5.06. The van der Waals surface area contributed by atoms with Crippen LogP contribution in [0.3, 0.4) is 0 Å². The number of pyridine rings is 1. The molecule has 0 aliphatic heterocycles. The summed E-state index contributed by atoms with van der Waals surface area (Å²) in [5, 5.41) is 10.4. The summed E-state index contributed by atoms with van der Waals surface area (Å²) in [6.07, 6.45) is -4.60. The van der Waals surface area contributed by atoms with Gasteiger partial charge >= 0.3 is 12.2 Å². The maximum Gasteiger partial charge on any atom is 0.573 e. The van der Waals surface area contributed by atoms with E-state index in [1.54, 1.807) is 0 Å². The van der Waals surface area contributed by atoms with Gasteiger partial charge in [-0.05, 0) is 4.92 Å². The van der Waals surface area contributed by atoms with Crippen LogP contribution in [0, 0.1) is 10.1 Å². The van der Waals surface area contributed by atoms with Gasteiger partial charge in [0.2, 0.25) is 11.2 Å². The smallest absolute Gasteiger partial charge is 0.398 e. The highest BCUT2D eigenvalue weighted by Gasteiger charge is 2.34. The molecule has 1 aromatic heterocycles. The Balaban J connectivity index is 3.31. The lowest BCUT2D eigenvalue weighted by molar-refractivity contribution is -0.390. The molecular weight excluding hydrogens is 269 g/mol. The van der Waals surface area contributed by atoms with Crippen LogP contribution in [-0.2, 0) is 5.88 Å². The van der Waals surface area contributed by atoms with Gasteiger partial charge in [-0.15, -0.1) is 24.8 Å². The summed E-state index contributed by atoms with van der Waals surface area (Å²) in [5.74, 6) is -2.47. The summed E-state index contributed by atoms with van der Waals surface area (Å²) in [4.78, 5) is 22.8. The molecule has 0 aliphatic rings. The molecule has 1 heterocycles. The van der Waals surface area contributed by atoms with Crippen molar-refractivity contribution in [3.8, 4) is 5.75 Å². The van der Waals surface area contributed by atoms with Crippen LogP contribution in [0.25, 0.3) is 0 Å². The molecule has 0 spiro atoms. The number of aromatic amines is 1. The Morgan fingerprint density at radius 3 is 2.53 bits per heavy atom. The van der Waals surface area contributed by atoms with Crippen molar-refractivity contribution in [3.05, 3.63) is 32.1 Å². The average molecular weight is 273 g/mol. The predicted molar refractivity (Wildman–Crippen MR) is 50.0 cm³/mol. The van der Waals surface area contributed by atoms with Gasteiger partial charge in [0.25, 0.3) is 0 Å². The molecule has 0 saturated carbocycles. The van der Waals surface area contributed by atoms with Gasteiger partial charge in [-0.2, -0.15) is 0 Å². The quantitative estimate of drug-likeness (QED) is 0.517. The van der Waals surface area contributed by atoms with Crippen molar-refractivity contribution in [2.45, 2.75) is 12.2 Å². The average Bonchev–Trinajstić information content (AvgIpc) is 2.18. The van der Waals surface area contributed by atoms with Crippen molar-refractivity contribution in [1.82, 2.24) is 4.98 Å². The Kier molecular flexibility index (Phi) is 3.61. The van der Waals surface area contributed by atoms with E-state index < -0.39 is 39.7 Å². The van der Waals surface area contributed by atoms with Gasteiger partial charge in [0.05, 0.1) is 5.88 Å². The van der Waals surface area contributed by atoms with E-state index in [0.29, 0.717) is 6.20 Å². The van der Waals surface area contributed by atoms with Gasteiger partial charge < -0.3 is 14.9 Å². The number of nitrogens with zero attached hydrogens (tertiary/aromatic N) is 1. The number of nitro groups is 1. The van der Waals surface area contributed by atoms with Crippen LogP contribution < -0.4 is 10.2 Å². The summed E-state index contributed by atoms with van der Waals surface area (Å²) >= 11 is 5.26. The van der Waals surface area contributed by atoms with Crippen LogP contribution >= 0.6 is 11.6 Å². The Labute approximate surface area is 96.1 Å².